The Morgan fingerprint density at radius 3 is 2.50 bits per heavy atom. The summed E-state index contributed by atoms with van der Waals surface area (Å²) in [7, 11) is -0.162. The summed E-state index contributed by atoms with van der Waals surface area (Å²) in [6.07, 6.45) is 4.01. The number of hydrogen-bond donors (Lipinski definition) is 0. The van der Waals surface area contributed by atoms with E-state index in [1.807, 2.05) is 0 Å². The van der Waals surface area contributed by atoms with Crippen LogP contribution in [0.15, 0.2) is 24.3 Å². The SMILES string of the molecule is C=[P+](C)c1cccc(C)c1. The summed E-state index contributed by atoms with van der Waals surface area (Å²) in [5, 5.41) is 1.38. The highest BCUT2D eigenvalue weighted by atomic mass is 31.1. The van der Waals surface area contributed by atoms with Gasteiger partial charge in [-0.05, 0) is 24.6 Å². The second kappa shape index (κ2) is 2.98. The maximum Gasteiger partial charge on any atom is 0.147 e. The summed E-state index contributed by atoms with van der Waals surface area (Å²) in [5.41, 5.74) is 1.33. The third-order valence-electron chi connectivity index (χ3n) is 1.44. The molecule has 0 amide bonds. The summed E-state index contributed by atoms with van der Waals surface area (Å²) < 4.78 is 0. The zero-order valence-electron chi connectivity index (χ0n) is 6.46. The molecule has 0 bridgehead atoms. The van der Waals surface area contributed by atoms with Gasteiger partial charge in [-0.2, -0.15) is 0 Å². The van der Waals surface area contributed by atoms with Crippen LogP contribution in [0, 0.1) is 6.92 Å². The normalized spacial score (nSPS) is 11.2. The maximum absolute atomic E-state index is 4.01. The molecule has 0 N–H and O–H groups in total. The van der Waals surface area contributed by atoms with Gasteiger partial charge < -0.3 is 0 Å². The van der Waals surface area contributed by atoms with Crippen molar-refractivity contribution in [2.75, 3.05) is 6.66 Å². The zero-order chi connectivity index (χ0) is 7.56. The molecule has 1 aromatic carbocycles. The van der Waals surface area contributed by atoms with Crippen molar-refractivity contribution in [3.8, 4) is 0 Å². The van der Waals surface area contributed by atoms with Gasteiger partial charge >= 0.3 is 0 Å². The van der Waals surface area contributed by atoms with Gasteiger partial charge in [-0.3, -0.25) is 0 Å². The molecule has 1 rings (SSSR count). The van der Waals surface area contributed by atoms with Crippen LogP contribution in [0.4, 0.5) is 0 Å². The summed E-state index contributed by atoms with van der Waals surface area (Å²) in [6, 6.07) is 8.56. The fourth-order valence-corrected chi connectivity index (χ4v) is 1.63. The molecule has 0 fully saturated rings. The average Bonchev–Trinajstić information content (AvgIpc) is 1.88. The fraction of sp³-hybridized carbons (Fsp3) is 0.222. The molecule has 1 aromatic rings. The number of hydrogen-bond acceptors (Lipinski definition) is 0. The van der Waals surface area contributed by atoms with Gasteiger partial charge in [0.15, 0.2) is 0 Å². The van der Waals surface area contributed by atoms with Crippen LogP contribution in [0.2, 0.25) is 0 Å². The van der Waals surface area contributed by atoms with Crippen molar-refractivity contribution in [1.29, 1.82) is 0 Å². The van der Waals surface area contributed by atoms with Gasteiger partial charge in [0.1, 0.15) is 19.5 Å². The molecule has 0 aliphatic carbocycles. The first kappa shape index (κ1) is 7.50. The van der Waals surface area contributed by atoms with Crippen molar-refractivity contribution in [1.82, 2.24) is 0 Å². The Labute approximate surface area is 63.3 Å². The first-order chi connectivity index (χ1) is 4.70. The van der Waals surface area contributed by atoms with Crippen molar-refractivity contribution in [3.63, 3.8) is 0 Å². The Bertz CT molecular complexity index is 251. The molecule has 10 heavy (non-hydrogen) atoms. The third kappa shape index (κ3) is 1.68. The van der Waals surface area contributed by atoms with Crippen molar-refractivity contribution in [3.05, 3.63) is 29.8 Å². The minimum absolute atomic E-state index is 0.162. The Morgan fingerprint density at radius 2 is 2.10 bits per heavy atom. The van der Waals surface area contributed by atoms with Gasteiger partial charge in [-0.15, -0.1) is 0 Å². The average molecular weight is 151 g/mol. The summed E-state index contributed by atoms with van der Waals surface area (Å²) in [5.74, 6) is 0. The van der Waals surface area contributed by atoms with Gasteiger partial charge in [0.2, 0.25) is 0 Å². The second-order valence-electron chi connectivity index (χ2n) is 2.54. The molecule has 0 aromatic heterocycles. The zero-order valence-corrected chi connectivity index (χ0v) is 7.36. The van der Waals surface area contributed by atoms with Gasteiger partial charge in [-0.25, -0.2) is 0 Å². The Balaban J connectivity index is 3.07. The smallest absolute Gasteiger partial charge is 0.0590 e. The molecule has 0 aliphatic heterocycles. The summed E-state index contributed by atoms with van der Waals surface area (Å²) in [4.78, 5) is 0. The van der Waals surface area contributed by atoms with E-state index in [2.05, 4.69) is 44.2 Å². The molecule has 0 saturated carbocycles. The van der Waals surface area contributed by atoms with E-state index in [1.165, 1.54) is 10.9 Å². The molecule has 52 valence electrons. The van der Waals surface area contributed by atoms with Crippen LogP contribution in [0.1, 0.15) is 5.56 Å². The van der Waals surface area contributed by atoms with Gasteiger partial charge in [0, 0.05) is 0 Å². The maximum atomic E-state index is 4.01. The third-order valence-corrected chi connectivity index (χ3v) is 2.60. The minimum atomic E-state index is -0.162. The van der Waals surface area contributed by atoms with Crippen LogP contribution in [-0.4, -0.2) is 13.0 Å². The van der Waals surface area contributed by atoms with Crippen LogP contribution >= 0.6 is 7.55 Å². The lowest BCUT2D eigenvalue weighted by atomic mass is 10.2. The van der Waals surface area contributed by atoms with Crippen molar-refractivity contribution >= 4 is 19.1 Å². The first-order valence-electron chi connectivity index (χ1n) is 3.31. The van der Waals surface area contributed by atoms with E-state index >= 15 is 0 Å². The highest BCUT2D eigenvalue weighted by molar-refractivity contribution is 7.62. The molecule has 1 unspecified atom stereocenters. The molecular formula is C9H12P+. The van der Waals surface area contributed by atoms with E-state index in [0.717, 1.165) is 0 Å². The number of benzene rings is 1. The first-order valence-corrected chi connectivity index (χ1v) is 5.28. The predicted octanol–water partition coefficient (Wildman–Crippen LogP) is 2.16. The molecule has 0 aliphatic rings. The highest BCUT2D eigenvalue weighted by Gasteiger charge is 2.01. The largest absolute Gasteiger partial charge is 0.147 e. The Kier molecular flexibility index (Phi) is 2.24. The predicted molar refractivity (Wildman–Crippen MR) is 50.8 cm³/mol. The van der Waals surface area contributed by atoms with E-state index in [1.54, 1.807) is 0 Å². The lowest BCUT2D eigenvalue weighted by Crippen LogP contribution is -1.94. The van der Waals surface area contributed by atoms with E-state index in [9.17, 15) is 0 Å². The number of aryl methyl sites for hydroxylation is 1. The van der Waals surface area contributed by atoms with Crippen molar-refractivity contribution in [2.24, 2.45) is 0 Å². The molecular weight excluding hydrogens is 139 g/mol. The van der Waals surface area contributed by atoms with E-state index < -0.39 is 0 Å². The van der Waals surface area contributed by atoms with Crippen LogP contribution in [-0.2, 0) is 0 Å². The molecule has 0 radical (unpaired) electrons. The molecule has 0 saturated heterocycles. The Morgan fingerprint density at radius 1 is 1.40 bits per heavy atom. The molecule has 1 heteroatoms. The van der Waals surface area contributed by atoms with Crippen LogP contribution in [0.5, 0.6) is 0 Å². The van der Waals surface area contributed by atoms with Crippen molar-refractivity contribution in [2.45, 2.75) is 6.92 Å². The quantitative estimate of drug-likeness (QED) is 0.539. The monoisotopic (exact) mass is 151 g/mol. The minimum Gasteiger partial charge on any atom is -0.0590 e. The fourth-order valence-electron chi connectivity index (χ4n) is 0.865. The van der Waals surface area contributed by atoms with E-state index in [4.69, 9.17) is 0 Å². The van der Waals surface area contributed by atoms with Gasteiger partial charge in [0.05, 0.1) is 6.30 Å². The molecule has 0 nitrogen and oxygen atoms in total. The van der Waals surface area contributed by atoms with Crippen LogP contribution in [0.3, 0.4) is 0 Å². The summed E-state index contributed by atoms with van der Waals surface area (Å²) in [6.45, 7) is 4.28. The topological polar surface area (TPSA) is 0 Å². The van der Waals surface area contributed by atoms with Crippen molar-refractivity contribution < 1.29 is 0 Å². The number of rotatable bonds is 1. The van der Waals surface area contributed by atoms with Crippen LogP contribution in [0.25, 0.3) is 0 Å². The second-order valence-corrected chi connectivity index (χ2v) is 4.45. The summed E-state index contributed by atoms with van der Waals surface area (Å²) >= 11 is 0. The molecule has 1 atom stereocenters. The highest BCUT2D eigenvalue weighted by Crippen LogP contribution is 2.12. The lowest BCUT2D eigenvalue weighted by Gasteiger charge is -1.90. The van der Waals surface area contributed by atoms with Gasteiger partial charge in [0.25, 0.3) is 0 Å². The van der Waals surface area contributed by atoms with Gasteiger partial charge in [-0.1, -0.05) is 12.1 Å². The molecule has 0 heterocycles. The molecule has 0 spiro atoms. The van der Waals surface area contributed by atoms with E-state index in [0.29, 0.717) is 0 Å². The van der Waals surface area contributed by atoms with Crippen LogP contribution < -0.4 is 5.30 Å². The lowest BCUT2D eigenvalue weighted by molar-refractivity contribution is 1.50. The van der Waals surface area contributed by atoms with E-state index in [-0.39, 0.29) is 7.55 Å². The Hall–Kier alpha value is -0.610. The standard InChI is InChI=1S/C9H12P/c1-8-5-4-6-9(7-8)10(2)3/h4-7H,2H2,1,3H3/q+1.